The summed E-state index contributed by atoms with van der Waals surface area (Å²) < 4.78 is 0. The molecule has 1 saturated carbocycles. The van der Waals surface area contributed by atoms with Crippen molar-refractivity contribution in [3.8, 4) is 0 Å². The molecular formula is C15H29N3O2. The Bertz CT molecular complexity index is 327. The largest absolute Gasteiger partial charge is 0.355 e. The van der Waals surface area contributed by atoms with E-state index in [1.807, 2.05) is 23.6 Å². The van der Waals surface area contributed by atoms with Crippen LogP contribution in [0.2, 0.25) is 0 Å². The Morgan fingerprint density at radius 2 is 1.85 bits per heavy atom. The first-order valence-electron chi connectivity index (χ1n) is 7.76. The van der Waals surface area contributed by atoms with Crippen molar-refractivity contribution in [2.24, 2.45) is 5.92 Å². The molecule has 1 rings (SSSR count). The van der Waals surface area contributed by atoms with Gasteiger partial charge in [-0.2, -0.15) is 0 Å². The van der Waals surface area contributed by atoms with Gasteiger partial charge in [-0.1, -0.05) is 20.8 Å². The molecule has 0 saturated heterocycles. The molecule has 0 radical (unpaired) electrons. The van der Waals surface area contributed by atoms with Crippen LogP contribution in [0.5, 0.6) is 0 Å². The Hall–Kier alpha value is -1.10. The van der Waals surface area contributed by atoms with E-state index < -0.39 is 0 Å². The first-order chi connectivity index (χ1) is 9.47. The third kappa shape index (κ3) is 5.90. The van der Waals surface area contributed by atoms with E-state index in [-0.39, 0.29) is 11.8 Å². The van der Waals surface area contributed by atoms with Gasteiger partial charge in [0.1, 0.15) is 0 Å². The monoisotopic (exact) mass is 283 g/mol. The number of hydrogen-bond donors (Lipinski definition) is 1. The van der Waals surface area contributed by atoms with Crippen molar-refractivity contribution in [1.82, 2.24) is 15.1 Å². The second-order valence-corrected chi connectivity index (χ2v) is 5.93. The van der Waals surface area contributed by atoms with E-state index in [1.54, 1.807) is 0 Å². The highest BCUT2D eigenvalue weighted by Gasteiger charge is 2.33. The predicted octanol–water partition coefficient (Wildman–Crippen LogP) is 1.09. The Kier molecular flexibility index (Phi) is 6.99. The second kappa shape index (κ2) is 8.25. The molecule has 1 N–H and O–H groups in total. The first kappa shape index (κ1) is 17.0. The normalized spacial score (nSPS) is 14.7. The van der Waals surface area contributed by atoms with Gasteiger partial charge in [-0.25, -0.2) is 0 Å². The molecule has 0 unspecified atom stereocenters. The van der Waals surface area contributed by atoms with Crippen molar-refractivity contribution in [2.45, 2.75) is 46.6 Å². The van der Waals surface area contributed by atoms with Crippen LogP contribution in [0.3, 0.4) is 0 Å². The molecule has 5 heteroatoms. The highest BCUT2D eigenvalue weighted by molar-refractivity contribution is 5.81. The molecular weight excluding hydrogens is 254 g/mol. The molecule has 20 heavy (non-hydrogen) atoms. The maximum absolute atomic E-state index is 12.4. The van der Waals surface area contributed by atoms with E-state index in [2.05, 4.69) is 19.2 Å². The fourth-order valence-corrected chi connectivity index (χ4v) is 2.25. The number of likely N-dealkylation sites (N-methyl/N-ethyl adjacent to an activating group) is 2. The molecule has 0 spiro atoms. The maximum atomic E-state index is 12.4. The van der Waals surface area contributed by atoms with Gasteiger partial charge in [-0.05, 0) is 32.2 Å². The summed E-state index contributed by atoms with van der Waals surface area (Å²) in [5.41, 5.74) is 0. The van der Waals surface area contributed by atoms with Crippen LogP contribution in [-0.4, -0.2) is 60.4 Å². The van der Waals surface area contributed by atoms with Gasteiger partial charge in [0.25, 0.3) is 0 Å². The number of nitrogens with zero attached hydrogens (tertiary/aromatic N) is 2. The Morgan fingerprint density at radius 3 is 2.30 bits per heavy atom. The zero-order chi connectivity index (χ0) is 15.1. The fourth-order valence-electron chi connectivity index (χ4n) is 2.25. The minimum atomic E-state index is -0.0102. The summed E-state index contributed by atoms with van der Waals surface area (Å²) in [6, 6.07) is 0.438. The molecule has 0 bridgehead atoms. The van der Waals surface area contributed by atoms with E-state index in [1.165, 1.54) is 0 Å². The summed E-state index contributed by atoms with van der Waals surface area (Å²) in [7, 11) is 0. The highest BCUT2D eigenvalue weighted by Crippen LogP contribution is 2.27. The number of carbonyl (C=O) groups excluding carboxylic acids is 2. The van der Waals surface area contributed by atoms with Crippen molar-refractivity contribution in [2.75, 3.05) is 32.7 Å². The molecule has 1 aliphatic carbocycles. The van der Waals surface area contributed by atoms with Crippen molar-refractivity contribution in [3.63, 3.8) is 0 Å². The lowest BCUT2D eigenvalue weighted by Crippen LogP contribution is -2.45. The van der Waals surface area contributed by atoms with Gasteiger partial charge in [-0.3, -0.25) is 14.5 Å². The van der Waals surface area contributed by atoms with Crippen molar-refractivity contribution in [1.29, 1.82) is 0 Å². The summed E-state index contributed by atoms with van der Waals surface area (Å²) in [6.45, 7) is 11.0. The van der Waals surface area contributed by atoms with Crippen LogP contribution in [-0.2, 0) is 9.59 Å². The molecule has 0 heterocycles. The number of amides is 2. The molecule has 116 valence electrons. The van der Waals surface area contributed by atoms with Gasteiger partial charge >= 0.3 is 0 Å². The lowest BCUT2D eigenvalue weighted by atomic mass is 10.2. The Morgan fingerprint density at radius 1 is 1.20 bits per heavy atom. The van der Waals surface area contributed by atoms with Crippen molar-refractivity contribution in [3.05, 3.63) is 0 Å². The second-order valence-electron chi connectivity index (χ2n) is 5.93. The van der Waals surface area contributed by atoms with Gasteiger partial charge in [0, 0.05) is 19.1 Å². The van der Waals surface area contributed by atoms with Crippen molar-refractivity contribution >= 4 is 11.8 Å². The zero-order valence-electron chi connectivity index (χ0n) is 13.3. The summed E-state index contributed by atoms with van der Waals surface area (Å²) >= 11 is 0. The summed E-state index contributed by atoms with van der Waals surface area (Å²) in [5.74, 6) is 0.634. The Labute approximate surface area is 122 Å². The summed E-state index contributed by atoms with van der Waals surface area (Å²) in [5, 5.41) is 2.77. The van der Waals surface area contributed by atoms with Gasteiger partial charge in [0.15, 0.2) is 0 Å². The van der Waals surface area contributed by atoms with E-state index in [4.69, 9.17) is 0 Å². The number of hydrogen-bond acceptors (Lipinski definition) is 3. The molecule has 0 aromatic rings. The average molecular weight is 283 g/mol. The van der Waals surface area contributed by atoms with Gasteiger partial charge < -0.3 is 10.2 Å². The highest BCUT2D eigenvalue weighted by atomic mass is 16.2. The Balaban J connectivity index is 2.49. The molecule has 0 aromatic heterocycles. The molecule has 1 fully saturated rings. The molecule has 2 amide bonds. The molecule has 0 aliphatic heterocycles. The minimum absolute atomic E-state index is 0.0102. The molecule has 0 atom stereocenters. The molecule has 5 nitrogen and oxygen atoms in total. The number of carbonyl (C=O) groups is 2. The lowest BCUT2D eigenvalue weighted by Gasteiger charge is -2.28. The van der Waals surface area contributed by atoms with Crippen LogP contribution in [0.15, 0.2) is 0 Å². The van der Waals surface area contributed by atoms with Crippen LogP contribution < -0.4 is 5.32 Å². The topological polar surface area (TPSA) is 52.7 Å². The van der Waals surface area contributed by atoms with Gasteiger partial charge in [0.2, 0.25) is 11.8 Å². The van der Waals surface area contributed by atoms with E-state index in [9.17, 15) is 9.59 Å². The van der Waals surface area contributed by atoms with Crippen molar-refractivity contribution < 1.29 is 9.59 Å². The minimum Gasteiger partial charge on any atom is -0.355 e. The van der Waals surface area contributed by atoms with Crippen LogP contribution >= 0.6 is 0 Å². The van der Waals surface area contributed by atoms with Crippen LogP contribution in [0.4, 0.5) is 0 Å². The van der Waals surface area contributed by atoms with Gasteiger partial charge in [0.05, 0.1) is 13.1 Å². The van der Waals surface area contributed by atoms with E-state index >= 15 is 0 Å². The third-order valence-electron chi connectivity index (χ3n) is 3.42. The predicted molar refractivity (Wildman–Crippen MR) is 80.4 cm³/mol. The number of rotatable bonds is 9. The van der Waals surface area contributed by atoms with Gasteiger partial charge in [-0.15, -0.1) is 0 Å². The number of nitrogens with one attached hydrogen (secondary N) is 1. The van der Waals surface area contributed by atoms with Crippen LogP contribution in [0.1, 0.15) is 40.5 Å². The fraction of sp³-hybridized carbons (Fsp3) is 0.867. The summed E-state index contributed by atoms with van der Waals surface area (Å²) in [4.78, 5) is 27.9. The molecule has 0 aromatic carbocycles. The standard InChI is InChI=1S/C15H29N3O2/c1-5-16-14(19)10-17(6-2)11-15(20)18(9-12(3)4)13-7-8-13/h12-13H,5-11H2,1-4H3,(H,16,19). The SMILES string of the molecule is CCNC(=O)CN(CC)CC(=O)N(CC(C)C)C1CC1. The average Bonchev–Trinajstić information content (AvgIpc) is 3.19. The zero-order valence-corrected chi connectivity index (χ0v) is 13.3. The lowest BCUT2D eigenvalue weighted by molar-refractivity contribution is -0.134. The first-order valence-corrected chi connectivity index (χ1v) is 7.76. The summed E-state index contributed by atoms with van der Waals surface area (Å²) in [6.07, 6.45) is 2.25. The quantitative estimate of drug-likeness (QED) is 0.689. The maximum Gasteiger partial charge on any atom is 0.237 e. The van der Waals surface area contributed by atoms with Crippen LogP contribution in [0, 0.1) is 5.92 Å². The molecule has 1 aliphatic rings. The van der Waals surface area contributed by atoms with E-state index in [0.717, 1.165) is 19.4 Å². The smallest absolute Gasteiger partial charge is 0.237 e. The third-order valence-corrected chi connectivity index (χ3v) is 3.42. The van der Waals surface area contributed by atoms with E-state index in [0.29, 0.717) is 38.1 Å². The van der Waals surface area contributed by atoms with Crippen LogP contribution in [0.25, 0.3) is 0 Å².